The molecule has 0 spiro atoms. The first-order valence-electron chi connectivity index (χ1n) is 4.11. The minimum atomic E-state index is -1.01. The standard InChI is InChI=1S/C6H14O2.C3H8O.BH3/c1-5(2,7)6(3,4)8;1-3(2)4;/h7-8H,1-4H3;3-4H,1-2H3;1H3. The van der Waals surface area contributed by atoms with Crippen LogP contribution < -0.4 is 0 Å². The molecule has 3 nitrogen and oxygen atoms in total. The van der Waals surface area contributed by atoms with Crippen LogP contribution in [0.1, 0.15) is 41.5 Å². The first kappa shape index (κ1) is 18.7. The van der Waals surface area contributed by atoms with Crippen LogP contribution in [0, 0.1) is 0 Å². The maximum absolute atomic E-state index is 9.10. The van der Waals surface area contributed by atoms with E-state index in [0.29, 0.717) is 0 Å². The molecule has 0 heterocycles. The molecule has 0 fully saturated rings. The van der Waals surface area contributed by atoms with Crippen LogP contribution >= 0.6 is 0 Å². The van der Waals surface area contributed by atoms with Gasteiger partial charge in [-0.1, -0.05) is 0 Å². The molecular formula is C9H25BO3. The third kappa shape index (κ3) is 14.8. The first-order valence-corrected chi connectivity index (χ1v) is 4.11. The van der Waals surface area contributed by atoms with E-state index >= 15 is 0 Å². The summed E-state index contributed by atoms with van der Waals surface area (Å²) >= 11 is 0. The summed E-state index contributed by atoms with van der Waals surface area (Å²) < 4.78 is 0. The van der Waals surface area contributed by atoms with Gasteiger partial charge in [0.15, 0.2) is 0 Å². The molecule has 0 rings (SSSR count). The van der Waals surface area contributed by atoms with Crippen molar-refractivity contribution in [1.82, 2.24) is 0 Å². The van der Waals surface area contributed by atoms with Gasteiger partial charge in [0.05, 0.1) is 19.6 Å². The number of aliphatic hydroxyl groups is 3. The van der Waals surface area contributed by atoms with Crippen molar-refractivity contribution in [2.24, 2.45) is 0 Å². The fraction of sp³-hybridized carbons (Fsp3) is 1.00. The quantitative estimate of drug-likeness (QED) is 0.501. The lowest BCUT2D eigenvalue weighted by atomic mass is 9.90. The molecule has 0 aromatic rings. The lowest BCUT2D eigenvalue weighted by Gasteiger charge is -2.31. The summed E-state index contributed by atoms with van der Waals surface area (Å²) in [5.74, 6) is 0. The van der Waals surface area contributed by atoms with Crippen molar-refractivity contribution >= 4 is 8.41 Å². The van der Waals surface area contributed by atoms with Gasteiger partial charge in [0, 0.05) is 6.10 Å². The molecule has 0 saturated carbocycles. The summed E-state index contributed by atoms with van der Waals surface area (Å²) in [7, 11) is 0. The van der Waals surface area contributed by atoms with Crippen molar-refractivity contribution in [3.05, 3.63) is 0 Å². The molecule has 0 radical (unpaired) electrons. The molecule has 4 heteroatoms. The van der Waals surface area contributed by atoms with E-state index in [1.54, 1.807) is 41.5 Å². The van der Waals surface area contributed by atoms with Crippen LogP contribution in [0.3, 0.4) is 0 Å². The minimum absolute atomic E-state index is 0. The van der Waals surface area contributed by atoms with Crippen molar-refractivity contribution in [2.45, 2.75) is 58.8 Å². The van der Waals surface area contributed by atoms with Crippen LogP contribution in [0.4, 0.5) is 0 Å². The van der Waals surface area contributed by atoms with E-state index in [-0.39, 0.29) is 14.5 Å². The lowest BCUT2D eigenvalue weighted by Crippen LogP contribution is -2.44. The monoisotopic (exact) mass is 192 g/mol. The second kappa shape index (κ2) is 6.41. The van der Waals surface area contributed by atoms with E-state index in [1.807, 2.05) is 0 Å². The van der Waals surface area contributed by atoms with Crippen molar-refractivity contribution in [3.8, 4) is 0 Å². The van der Waals surface area contributed by atoms with Crippen LogP contribution in [0.2, 0.25) is 0 Å². The Hall–Kier alpha value is -0.0551. The number of rotatable bonds is 1. The molecule has 0 unspecified atom stereocenters. The maximum Gasteiger partial charge on any atom is 0.0872 e. The van der Waals surface area contributed by atoms with E-state index < -0.39 is 11.2 Å². The second-order valence-electron chi connectivity index (χ2n) is 4.21. The van der Waals surface area contributed by atoms with E-state index in [4.69, 9.17) is 15.3 Å². The highest BCUT2D eigenvalue weighted by Crippen LogP contribution is 2.19. The molecule has 0 bridgehead atoms. The van der Waals surface area contributed by atoms with Crippen molar-refractivity contribution in [2.75, 3.05) is 0 Å². The maximum atomic E-state index is 9.10. The minimum Gasteiger partial charge on any atom is -0.394 e. The highest BCUT2D eigenvalue weighted by Gasteiger charge is 2.31. The summed E-state index contributed by atoms with van der Waals surface area (Å²) in [6.45, 7) is 9.75. The first-order chi connectivity index (χ1) is 4.98. The second-order valence-corrected chi connectivity index (χ2v) is 4.21. The van der Waals surface area contributed by atoms with Crippen molar-refractivity contribution in [3.63, 3.8) is 0 Å². The molecule has 0 saturated heterocycles. The third-order valence-corrected chi connectivity index (χ3v) is 1.50. The molecule has 0 aromatic heterocycles. The third-order valence-electron chi connectivity index (χ3n) is 1.50. The van der Waals surface area contributed by atoms with Crippen LogP contribution in [0.5, 0.6) is 0 Å². The average molecular weight is 192 g/mol. The topological polar surface area (TPSA) is 60.7 Å². The van der Waals surface area contributed by atoms with Gasteiger partial charge in [-0.2, -0.15) is 0 Å². The molecule has 0 aliphatic carbocycles. The highest BCUT2D eigenvalue weighted by atomic mass is 16.3. The predicted molar refractivity (Wildman–Crippen MR) is 59.9 cm³/mol. The molecule has 0 aliphatic rings. The van der Waals surface area contributed by atoms with Crippen LogP contribution in [-0.4, -0.2) is 41.0 Å². The van der Waals surface area contributed by atoms with Gasteiger partial charge in [0.25, 0.3) is 0 Å². The Labute approximate surface area is 83.4 Å². The Morgan fingerprint density at radius 3 is 0.923 bits per heavy atom. The van der Waals surface area contributed by atoms with Crippen molar-refractivity contribution in [1.29, 1.82) is 0 Å². The molecule has 0 atom stereocenters. The van der Waals surface area contributed by atoms with Gasteiger partial charge in [-0.15, -0.1) is 0 Å². The number of hydrogen-bond donors (Lipinski definition) is 3. The molecule has 0 aliphatic heterocycles. The Balaban J connectivity index is -0.000000173. The van der Waals surface area contributed by atoms with E-state index in [1.165, 1.54) is 0 Å². The fourth-order valence-electron chi connectivity index (χ4n) is 0. The average Bonchev–Trinajstić information content (AvgIpc) is 1.55. The van der Waals surface area contributed by atoms with Gasteiger partial charge in [-0.25, -0.2) is 0 Å². The highest BCUT2D eigenvalue weighted by molar-refractivity contribution is 5.75. The van der Waals surface area contributed by atoms with Crippen molar-refractivity contribution < 1.29 is 15.3 Å². The molecule has 82 valence electrons. The number of aliphatic hydroxyl groups excluding tert-OH is 1. The van der Waals surface area contributed by atoms with Gasteiger partial charge in [-0.3, -0.25) is 0 Å². The largest absolute Gasteiger partial charge is 0.394 e. The Morgan fingerprint density at radius 2 is 0.923 bits per heavy atom. The van der Waals surface area contributed by atoms with Gasteiger partial charge in [0.1, 0.15) is 0 Å². The smallest absolute Gasteiger partial charge is 0.0872 e. The summed E-state index contributed by atoms with van der Waals surface area (Å²) in [6, 6.07) is 0. The lowest BCUT2D eigenvalue weighted by molar-refractivity contribution is -0.107. The van der Waals surface area contributed by atoms with E-state index in [9.17, 15) is 0 Å². The summed E-state index contributed by atoms with van der Waals surface area (Å²) in [5, 5.41) is 26.3. The van der Waals surface area contributed by atoms with E-state index in [2.05, 4.69) is 0 Å². The van der Waals surface area contributed by atoms with E-state index in [0.717, 1.165) is 0 Å². The van der Waals surface area contributed by atoms with Crippen LogP contribution in [0.25, 0.3) is 0 Å². The van der Waals surface area contributed by atoms with Gasteiger partial charge >= 0.3 is 0 Å². The van der Waals surface area contributed by atoms with Crippen LogP contribution in [0.15, 0.2) is 0 Å². The van der Waals surface area contributed by atoms with Gasteiger partial charge in [-0.05, 0) is 41.5 Å². The molecule has 0 aromatic carbocycles. The zero-order valence-electron chi connectivity index (χ0n) is 8.92. The molecule has 3 N–H and O–H groups in total. The zero-order chi connectivity index (χ0) is 10.6. The Morgan fingerprint density at radius 1 is 0.846 bits per heavy atom. The summed E-state index contributed by atoms with van der Waals surface area (Å²) in [5.41, 5.74) is -2.01. The SMILES string of the molecule is B.CC(C)(O)C(C)(C)O.CC(C)O. The normalized spacial score (nSPS) is 11.5. The fourth-order valence-corrected chi connectivity index (χ4v) is 0. The van der Waals surface area contributed by atoms with Gasteiger partial charge < -0.3 is 15.3 Å². The summed E-state index contributed by atoms with van der Waals surface area (Å²) in [4.78, 5) is 0. The zero-order valence-corrected chi connectivity index (χ0v) is 8.92. The number of hydrogen-bond acceptors (Lipinski definition) is 3. The summed E-state index contributed by atoms with van der Waals surface area (Å²) in [6.07, 6.45) is -0.167. The van der Waals surface area contributed by atoms with Crippen LogP contribution in [-0.2, 0) is 0 Å². The molecule has 13 heavy (non-hydrogen) atoms. The Kier molecular flexibility index (Phi) is 9.20. The molecular weight excluding hydrogens is 167 g/mol. The Bertz CT molecular complexity index is 96.3. The predicted octanol–water partition coefficient (Wildman–Crippen LogP) is -0.269. The van der Waals surface area contributed by atoms with Gasteiger partial charge in [0.2, 0.25) is 0 Å². The molecule has 0 amide bonds.